The van der Waals surface area contributed by atoms with E-state index in [-0.39, 0.29) is 23.0 Å². The summed E-state index contributed by atoms with van der Waals surface area (Å²) in [6.45, 7) is 9.09. The first-order chi connectivity index (χ1) is 22.2. The van der Waals surface area contributed by atoms with Crippen LogP contribution in [0.25, 0.3) is 0 Å². The fourth-order valence-corrected chi connectivity index (χ4v) is 13.6. The molecule has 0 aliphatic carbocycles. The molecule has 2 N–H and O–H groups in total. The molecule has 0 unspecified atom stereocenters. The van der Waals surface area contributed by atoms with Gasteiger partial charge < -0.3 is 15.1 Å². The van der Waals surface area contributed by atoms with Crippen LogP contribution in [0, 0.1) is 5.82 Å². The first kappa shape index (κ1) is 33.7. The molecule has 7 heteroatoms. The Morgan fingerprint density at radius 3 is 1.59 bits per heavy atom. The molecule has 0 bridgehead atoms. The van der Waals surface area contributed by atoms with Gasteiger partial charge in [0.2, 0.25) is 0 Å². The van der Waals surface area contributed by atoms with Gasteiger partial charge >= 0.3 is 0 Å². The third kappa shape index (κ3) is 7.99. The van der Waals surface area contributed by atoms with Gasteiger partial charge in [-0.1, -0.05) is 142 Å². The van der Waals surface area contributed by atoms with E-state index >= 15 is 0 Å². The van der Waals surface area contributed by atoms with Crippen molar-refractivity contribution < 1.29 is 8.82 Å². The Morgan fingerprint density at radius 2 is 1.15 bits per heavy atom. The maximum absolute atomic E-state index is 13.7. The second-order valence-electron chi connectivity index (χ2n) is 12.5. The summed E-state index contributed by atoms with van der Waals surface area (Å²) in [7, 11) is -3.61. The standard InChI is InChI=1S/C39H42FN2OPSSi/c1-30(43-46(39(2,3)4,35-21-13-7-14-22-35)36-23-15-8-16-24-36)37(42-38(45)41-32-27-25-31(40)26-28-32)29-44(33-17-9-5-10-18-33)34-19-11-6-12-20-34/h5-28,30,37H,29H2,1-4H3,(H2,41,42,45)/t30-,37-/m1/s1. The average molecular weight is 665 g/mol. The molecule has 0 amide bonds. The lowest BCUT2D eigenvalue weighted by Gasteiger charge is -2.46. The molecule has 3 nitrogen and oxygen atoms in total. The Bertz CT molecular complexity index is 1590. The molecule has 0 aliphatic rings. The van der Waals surface area contributed by atoms with Gasteiger partial charge in [-0.3, -0.25) is 0 Å². The van der Waals surface area contributed by atoms with Gasteiger partial charge in [-0.05, 0) is 83.5 Å². The second-order valence-corrected chi connectivity index (χ2v) is 19.4. The molecule has 0 saturated carbocycles. The van der Waals surface area contributed by atoms with E-state index in [1.165, 1.54) is 33.1 Å². The van der Waals surface area contributed by atoms with Crippen LogP contribution in [0.2, 0.25) is 5.04 Å². The summed E-state index contributed by atoms with van der Waals surface area (Å²) in [5.41, 5.74) is 0.728. The van der Waals surface area contributed by atoms with Gasteiger partial charge in [-0.2, -0.15) is 0 Å². The van der Waals surface area contributed by atoms with Crippen molar-refractivity contribution in [2.75, 3.05) is 11.5 Å². The highest BCUT2D eigenvalue weighted by atomic mass is 32.1. The minimum atomic E-state index is -2.85. The number of halogens is 1. The van der Waals surface area contributed by atoms with Crippen LogP contribution in [-0.4, -0.2) is 31.7 Å². The lowest BCUT2D eigenvalue weighted by Crippen LogP contribution is -2.69. The van der Waals surface area contributed by atoms with Crippen LogP contribution in [0.5, 0.6) is 0 Å². The van der Waals surface area contributed by atoms with Gasteiger partial charge in [0.25, 0.3) is 8.32 Å². The fraction of sp³-hybridized carbons (Fsp3) is 0.205. The molecule has 236 valence electrons. The zero-order valence-corrected chi connectivity index (χ0v) is 29.6. The maximum Gasteiger partial charge on any atom is 0.261 e. The minimum absolute atomic E-state index is 0.145. The third-order valence-corrected chi connectivity index (χ3v) is 16.2. The van der Waals surface area contributed by atoms with E-state index in [1.54, 1.807) is 12.1 Å². The van der Waals surface area contributed by atoms with E-state index in [0.717, 1.165) is 11.8 Å². The van der Waals surface area contributed by atoms with E-state index in [1.807, 2.05) is 0 Å². The molecule has 2 atom stereocenters. The van der Waals surface area contributed by atoms with Crippen LogP contribution in [0.15, 0.2) is 146 Å². The van der Waals surface area contributed by atoms with Crippen molar-refractivity contribution in [3.05, 3.63) is 151 Å². The van der Waals surface area contributed by atoms with Crippen LogP contribution >= 0.6 is 20.1 Å². The molecule has 0 spiro atoms. The van der Waals surface area contributed by atoms with Crippen molar-refractivity contribution >= 4 is 60.2 Å². The zero-order chi connectivity index (χ0) is 32.6. The molecule has 46 heavy (non-hydrogen) atoms. The average Bonchev–Trinajstić information content (AvgIpc) is 3.07. The lowest BCUT2D eigenvalue weighted by atomic mass is 10.2. The first-order valence-electron chi connectivity index (χ1n) is 15.7. The highest BCUT2D eigenvalue weighted by Crippen LogP contribution is 2.40. The summed E-state index contributed by atoms with van der Waals surface area (Å²) in [4.78, 5) is 0. The van der Waals surface area contributed by atoms with Crippen LogP contribution in [0.3, 0.4) is 0 Å². The van der Waals surface area contributed by atoms with Crippen molar-refractivity contribution in [2.45, 2.75) is 44.9 Å². The zero-order valence-electron chi connectivity index (χ0n) is 26.9. The monoisotopic (exact) mass is 664 g/mol. The van der Waals surface area contributed by atoms with E-state index < -0.39 is 16.2 Å². The Labute approximate surface area is 281 Å². The van der Waals surface area contributed by atoms with Gasteiger partial charge in [-0.25, -0.2) is 4.39 Å². The predicted octanol–water partition coefficient (Wildman–Crippen LogP) is 7.58. The Hall–Kier alpha value is -3.67. The summed E-state index contributed by atoms with van der Waals surface area (Å²) in [5, 5.41) is 12.3. The second kappa shape index (κ2) is 15.3. The van der Waals surface area contributed by atoms with E-state index in [2.05, 4.69) is 160 Å². The molecule has 0 heterocycles. The van der Waals surface area contributed by atoms with Crippen LogP contribution in [0.1, 0.15) is 27.7 Å². The number of anilines is 1. The molecule has 0 radical (unpaired) electrons. The summed E-state index contributed by atoms with van der Waals surface area (Å²) < 4.78 is 21.3. The van der Waals surface area contributed by atoms with Crippen molar-refractivity contribution in [1.82, 2.24) is 5.32 Å². The number of hydrogen-bond donors (Lipinski definition) is 2. The van der Waals surface area contributed by atoms with Gasteiger partial charge in [0.15, 0.2) is 5.11 Å². The van der Waals surface area contributed by atoms with Crippen LogP contribution in [-0.2, 0) is 4.43 Å². The number of nitrogens with one attached hydrogen (secondary N) is 2. The molecule has 5 aromatic rings. The summed E-state index contributed by atoms with van der Waals surface area (Å²) in [5.74, 6) is -0.286. The Morgan fingerprint density at radius 1 is 0.717 bits per heavy atom. The lowest BCUT2D eigenvalue weighted by molar-refractivity contribution is 0.176. The molecule has 0 aliphatic heterocycles. The Balaban J connectivity index is 1.57. The predicted molar refractivity (Wildman–Crippen MR) is 202 cm³/mol. The molecule has 0 fully saturated rings. The van der Waals surface area contributed by atoms with Crippen molar-refractivity contribution in [2.24, 2.45) is 0 Å². The van der Waals surface area contributed by atoms with Crippen molar-refractivity contribution in [1.29, 1.82) is 0 Å². The number of rotatable bonds is 11. The van der Waals surface area contributed by atoms with E-state index in [4.69, 9.17) is 16.6 Å². The number of thiocarbonyl (C=S) groups is 1. The normalized spacial score (nSPS) is 13.2. The smallest absolute Gasteiger partial charge is 0.261 e. The molecule has 0 aromatic heterocycles. The highest BCUT2D eigenvalue weighted by Gasteiger charge is 2.51. The first-order valence-corrected chi connectivity index (χ1v) is 19.5. The van der Waals surface area contributed by atoms with Gasteiger partial charge in [0, 0.05) is 5.69 Å². The van der Waals surface area contributed by atoms with Gasteiger partial charge in [-0.15, -0.1) is 0 Å². The summed E-state index contributed by atoms with van der Waals surface area (Å²) in [6.07, 6.45) is 0.574. The Kier molecular flexibility index (Phi) is 11.2. The molecule has 5 aromatic carbocycles. The largest absolute Gasteiger partial charge is 0.403 e. The number of hydrogen-bond acceptors (Lipinski definition) is 2. The quantitative estimate of drug-likeness (QED) is 0.0867. The van der Waals surface area contributed by atoms with E-state index in [9.17, 15) is 4.39 Å². The molecule has 5 rings (SSSR count). The number of benzene rings is 5. The van der Waals surface area contributed by atoms with Crippen LogP contribution in [0.4, 0.5) is 10.1 Å². The van der Waals surface area contributed by atoms with E-state index in [0.29, 0.717) is 5.11 Å². The molecule has 0 saturated heterocycles. The van der Waals surface area contributed by atoms with Crippen LogP contribution < -0.4 is 31.6 Å². The minimum Gasteiger partial charge on any atom is -0.403 e. The van der Waals surface area contributed by atoms with Crippen molar-refractivity contribution in [3.8, 4) is 0 Å². The molecular formula is C39H42FN2OPSSi. The maximum atomic E-state index is 13.7. The third-order valence-electron chi connectivity index (χ3n) is 8.28. The summed E-state index contributed by atoms with van der Waals surface area (Å²) in [6, 6.07) is 49.0. The van der Waals surface area contributed by atoms with Gasteiger partial charge in [0.1, 0.15) is 5.82 Å². The SMILES string of the molecule is C[C@@H](O[Si](c1ccccc1)(c1ccccc1)C(C)(C)C)[C@@H](CP(c1ccccc1)c1ccccc1)NC(=S)Nc1ccc(F)cc1. The van der Waals surface area contributed by atoms with Crippen molar-refractivity contribution in [3.63, 3.8) is 0 Å². The molecular weight excluding hydrogens is 623 g/mol. The summed E-state index contributed by atoms with van der Waals surface area (Å²) >= 11 is 5.90. The highest BCUT2D eigenvalue weighted by molar-refractivity contribution is 7.80. The van der Waals surface area contributed by atoms with Gasteiger partial charge in [0.05, 0.1) is 12.1 Å². The fourth-order valence-electron chi connectivity index (χ4n) is 6.00. The topological polar surface area (TPSA) is 33.3 Å².